The van der Waals surface area contributed by atoms with E-state index in [0.717, 1.165) is 0 Å². The van der Waals surface area contributed by atoms with E-state index in [1.165, 1.54) is 17.4 Å². The van der Waals surface area contributed by atoms with Crippen molar-refractivity contribution < 1.29 is 15.1 Å². The second-order valence-electron chi connectivity index (χ2n) is 4.33. The van der Waals surface area contributed by atoms with Crippen LogP contribution in [0.1, 0.15) is 31.2 Å². The molecule has 1 rings (SSSR count). The molecule has 2 N–H and O–H groups in total. The number of anilines is 1. The van der Waals surface area contributed by atoms with Gasteiger partial charge in [-0.3, -0.25) is 10.1 Å². The third-order valence-electron chi connectivity index (χ3n) is 2.55. The van der Waals surface area contributed by atoms with Crippen molar-refractivity contribution in [1.82, 2.24) is 0 Å². The molecule has 0 spiro atoms. The Labute approximate surface area is 110 Å². The van der Waals surface area contributed by atoms with E-state index in [9.17, 15) is 20.3 Å². The van der Waals surface area contributed by atoms with Gasteiger partial charge in [0.05, 0.1) is 17.1 Å². The number of hydrogen-bond donors (Lipinski definition) is 2. The zero-order valence-corrected chi connectivity index (χ0v) is 11.5. The van der Waals surface area contributed by atoms with Crippen molar-refractivity contribution in [3.8, 4) is 0 Å². The van der Waals surface area contributed by atoms with Crippen molar-refractivity contribution >= 4 is 22.0 Å². The predicted octanol–water partition coefficient (Wildman–Crippen LogP) is 1.92. The number of hydrogen-bond acceptors (Lipinski definition) is 6. The number of thiophene rings is 1. The molecule has 0 radical (unpaired) electrons. The second-order valence-corrected chi connectivity index (χ2v) is 5.39. The summed E-state index contributed by atoms with van der Waals surface area (Å²) in [5.41, 5.74) is 0.00370. The first kappa shape index (κ1) is 14.9. The molecule has 6 nitrogen and oxygen atoms in total. The van der Waals surface area contributed by atoms with Crippen LogP contribution in [0.15, 0.2) is 6.07 Å². The summed E-state index contributed by atoms with van der Waals surface area (Å²) in [4.78, 5) is 12.8. The van der Waals surface area contributed by atoms with Gasteiger partial charge in [-0.25, -0.2) is 0 Å². The fourth-order valence-corrected chi connectivity index (χ4v) is 2.53. The van der Waals surface area contributed by atoms with Crippen molar-refractivity contribution in [3.63, 3.8) is 0 Å². The van der Waals surface area contributed by atoms with E-state index in [2.05, 4.69) is 0 Å². The molecule has 0 saturated carbocycles. The van der Waals surface area contributed by atoms with E-state index in [0.29, 0.717) is 22.8 Å². The molecule has 0 fully saturated rings. The summed E-state index contributed by atoms with van der Waals surface area (Å²) >= 11 is 1.21. The lowest BCUT2D eigenvalue weighted by molar-refractivity contribution is -0.383. The van der Waals surface area contributed by atoms with E-state index in [1.807, 2.05) is 0 Å². The Balaban J connectivity index is 2.94. The van der Waals surface area contributed by atoms with Gasteiger partial charge in [-0.15, -0.1) is 11.3 Å². The van der Waals surface area contributed by atoms with Gasteiger partial charge in [0.1, 0.15) is 0 Å². The molecule has 0 bridgehead atoms. The van der Waals surface area contributed by atoms with Crippen molar-refractivity contribution in [3.05, 3.63) is 21.1 Å². The van der Waals surface area contributed by atoms with Crippen LogP contribution in [0.5, 0.6) is 0 Å². The van der Waals surface area contributed by atoms with Crippen molar-refractivity contribution in [2.24, 2.45) is 0 Å². The topological polar surface area (TPSA) is 86.8 Å². The highest BCUT2D eigenvalue weighted by Gasteiger charge is 2.23. The minimum Gasteiger partial charge on any atom is -0.393 e. The van der Waals surface area contributed by atoms with Gasteiger partial charge in [0.2, 0.25) is 0 Å². The summed E-state index contributed by atoms with van der Waals surface area (Å²) in [6.07, 6.45) is -0.620. The lowest BCUT2D eigenvalue weighted by Gasteiger charge is -2.17. The van der Waals surface area contributed by atoms with Crippen molar-refractivity contribution in [1.29, 1.82) is 0 Å². The van der Waals surface area contributed by atoms with Crippen LogP contribution in [0.4, 0.5) is 10.7 Å². The highest BCUT2D eigenvalue weighted by atomic mass is 32.1. The highest BCUT2D eigenvalue weighted by Crippen LogP contribution is 2.39. The normalized spacial score (nSPS) is 14.3. The molecule has 0 aromatic carbocycles. The van der Waals surface area contributed by atoms with Crippen LogP contribution < -0.4 is 4.90 Å². The first-order valence-corrected chi connectivity index (χ1v) is 6.50. The molecule has 0 saturated heterocycles. The third kappa shape index (κ3) is 3.66. The molecular formula is C11H18N2O4S. The molecular weight excluding hydrogens is 256 g/mol. The van der Waals surface area contributed by atoms with Crippen LogP contribution in [-0.4, -0.2) is 34.8 Å². The number of aliphatic hydroxyl groups is 2. The number of aliphatic hydroxyl groups excluding tert-OH is 2. The van der Waals surface area contributed by atoms with E-state index >= 15 is 0 Å². The molecule has 2 unspecified atom stereocenters. The maximum absolute atomic E-state index is 11.0. The Bertz CT molecular complexity index is 417. The Morgan fingerprint density at radius 1 is 1.50 bits per heavy atom. The highest BCUT2D eigenvalue weighted by molar-refractivity contribution is 7.16. The maximum atomic E-state index is 11.0. The molecule has 2 atom stereocenters. The monoisotopic (exact) mass is 274 g/mol. The van der Waals surface area contributed by atoms with E-state index < -0.39 is 17.1 Å². The summed E-state index contributed by atoms with van der Waals surface area (Å²) < 4.78 is 0. The Kier molecular flexibility index (Phi) is 5.06. The minimum absolute atomic E-state index is 0.00370. The van der Waals surface area contributed by atoms with Gasteiger partial charge >= 0.3 is 5.69 Å². The molecule has 0 aliphatic rings. The molecule has 18 heavy (non-hydrogen) atoms. The van der Waals surface area contributed by atoms with Crippen LogP contribution in [0.25, 0.3) is 0 Å². The number of rotatable bonds is 6. The minimum atomic E-state index is -0.715. The van der Waals surface area contributed by atoms with Gasteiger partial charge < -0.3 is 15.1 Å². The zero-order valence-electron chi connectivity index (χ0n) is 10.7. The largest absolute Gasteiger partial charge is 0.393 e. The molecule has 0 aliphatic carbocycles. The van der Waals surface area contributed by atoms with E-state index in [-0.39, 0.29) is 5.69 Å². The molecule has 1 aromatic rings. The molecule has 1 aromatic heterocycles. The Hall–Kier alpha value is -1.18. The van der Waals surface area contributed by atoms with Crippen molar-refractivity contribution in [2.45, 2.75) is 32.5 Å². The molecule has 7 heteroatoms. The maximum Gasteiger partial charge on any atom is 0.304 e. The third-order valence-corrected chi connectivity index (χ3v) is 3.96. The Morgan fingerprint density at radius 2 is 2.11 bits per heavy atom. The molecule has 0 amide bonds. The molecule has 0 aliphatic heterocycles. The lowest BCUT2D eigenvalue weighted by Crippen LogP contribution is -2.21. The number of nitrogens with zero attached hydrogens (tertiary/aromatic N) is 2. The summed E-state index contributed by atoms with van der Waals surface area (Å²) in [6, 6.07) is 1.41. The van der Waals surface area contributed by atoms with Gasteiger partial charge in [-0.2, -0.15) is 0 Å². The average molecular weight is 274 g/mol. The fourth-order valence-electron chi connectivity index (χ4n) is 1.48. The van der Waals surface area contributed by atoms with Gasteiger partial charge in [-0.1, -0.05) is 0 Å². The van der Waals surface area contributed by atoms with Crippen LogP contribution in [0, 0.1) is 10.1 Å². The summed E-state index contributed by atoms with van der Waals surface area (Å²) in [5.74, 6) is 0. The fraction of sp³-hybridized carbons (Fsp3) is 0.636. The second kappa shape index (κ2) is 6.12. The van der Waals surface area contributed by atoms with Gasteiger partial charge in [-0.05, 0) is 20.3 Å². The summed E-state index contributed by atoms with van der Waals surface area (Å²) in [6.45, 7) is 3.78. The van der Waals surface area contributed by atoms with Crippen LogP contribution >= 0.6 is 11.3 Å². The lowest BCUT2D eigenvalue weighted by atomic mass is 10.2. The van der Waals surface area contributed by atoms with Crippen LogP contribution in [0.3, 0.4) is 0 Å². The van der Waals surface area contributed by atoms with Crippen LogP contribution in [0.2, 0.25) is 0 Å². The zero-order chi connectivity index (χ0) is 13.9. The molecule has 102 valence electrons. The Morgan fingerprint density at radius 3 is 2.56 bits per heavy atom. The SMILES string of the molecule is CC(O)CCN(C)c1sc(C(C)O)cc1[N+](=O)[O-]. The van der Waals surface area contributed by atoms with E-state index in [4.69, 9.17) is 0 Å². The smallest absolute Gasteiger partial charge is 0.304 e. The van der Waals surface area contributed by atoms with Gasteiger partial charge in [0.15, 0.2) is 5.00 Å². The predicted molar refractivity (Wildman–Crippen MR) is 71.2 cm³/mol. The number of nitro groups is 1. The average Bonchev–Trinajstić information content (AvgIpc) is 2.70. The van der Waals surface area contributed by atoms with E-state index in [1.54, 1.807) is 25.8 Å². The quantitative estimate of drug-likeness (QED) is 0.611. The van der Waals surface area contributed by atoms with Gasteiger partial charge in [0.25, 0.3) is 0 Å². The standard InChI is InChI=1S/C11H18N2O4S/c1-7(14)4-5-12(3)11-9(13(16)17)6-10(18-11)8(2)15/h6-8,14-15H,4-5H2,1-3H3. The first-order chi connectivity index (χ1) is 8.32. The van der Waals surface area contributed by atoms with Crippen LogP contribution in [-0.2, 0) is 0 Å². The summed E-state index contributed by atoms with van der Waals surface area (Å²) in [5, 5.41) is 30.2. The molecule has 1 heterocycles. The summed E-state index contributed by atoms with van der Waals surface area (Å²) in [7, 11) is 1.74. The van der Waals surface area contributed by atoms with Gasteiger partial charge in [0, 0.05) is 24.5 Å². The van der Waals surface area contributed by atoms with Crippen molar-refractivity contribution in [2.75, 3.05) is 18.5 Å². The first-order valence-electron chi connectivity index (χ1n) is 5.68.